The minimum atomic E-state index is -0.0990. The highest BCUT2D eigenvalue weighted by molar-refractivity contribution is 6.06. The molecule has 2 heteroatoms. The minimum absolute atomic E-state index is 0.0410. The van der Waals surface area contributed by atoms with Crippen molar-refractivity contribution in [3.05, 3.63) is 198 Å². The van der Waals surface area contributed by atoms with Crippen molar-refractivity contribution in [3.8, 4) is 44.5 Å². The zero-order chi connectivity index (χ0) is 37.8. The summed E-state index contributed by atoms with van der Waals surface area (Å²) in [4.78, 5) is 2.44. The van der Waals surface area contributed by atoms with Gasteiger partial charge in [-0.25, -0.2) is 0 Å². The molecule has 0 bridgehead atoms. The van der Waals surface area contributed by atoms with Crippen LogP contribution in [-0.2, 0) is 10.8 Å². The lowest BCUT2D eigenvalue weighted by molar-refractivity contribution is 0.660. The van der Waals surface area contributed by atoms with E-state index in [0.717, 1.165) is 33.3 Å². The third kappa shape index (κ3) is 4.75. The largest absolute Gasteiger partial charge is 0.456 e. The fourth-order valence-corrected chi connectivity index (χ4v) is 9.74. The monoisotopic (exact) mass is 719 g/mol. The molecule has 0 aliphatic heterocycles. The zero-order valence-electron chi connectivity index (χ0n) is 32.1. The number of nitrogens with zero attached hydrogens (tertiary/aromatic N) is 1. The standard InChI is InChI=1S/C54H41NO/c1-53(2)46-16-9-6-14-43(46)52-47(53)17-11-18-49(52)55(38-26-20-34(21-27-38)36-25-31-51-44(32-36)42-13-7-10-19-50(42)56-51)39-28-22-35(23-29-39)37-24-30-41-40-12-5-8-15-45(40)54(3,4)48(41)33-37/h5-33H,1-4H3. The van der Waals surface area contributed by atoms with Gasteiger partial charge in [-0.15, -0.1) is 0 Å². The molecule has 2 nitrogen and oxygen atoms in total. The summed E-state index contributed by atoms with van der Waals surface area (Å²) in [5.74, 6) is 0. The normalized spacial score (nSPS) is 14.4. The van der Waals surface area contributed by atoms with E-state index in [0.29, 0.717) is 0 Å². The average molecular weight is 720 g/mol. The van der Waals surface area contributed by atoms with Gasteiger partial charge in [0.15, 0.2) is 0 Å². The molecule has 0 radical (unpaired) electrons. The number of hydrogen-bond donors (Lipinski definition) is 0. The molecule has 0 unspecified atom stereocenters. The molecular formula is C54H41NO. The Bertz CT molecular complexity index is 3010. The van der Waals surface area contributed by atoms with E-state index in [9.17, 15) is 0 Å². The third-order valence-corrected chi connectivity index (χ3v) is 12.7. The zero-order valence-corrected chi connectivity index (χ0v) is 32.1. The van der Waals surface area contributed by atoms with Gasteiger partial charge in [0.2, 0.25) is 0 Å². The van der Waals surface area contributed by atoms with Crippen molar-refractivity contribution in [1.82, 2.24) is 0 Å². The van der Waals surface area contributed by atoms with Crippen LogP contribution in [0.2, 0.25) is 0 Å². The molecule has 9 aromatic rings. The number of anilines is 3. The first-order valence-electron chi connectivity index (χ1n) is 19.7. The van der Waals surface area contributed by atoms with Crippen LogP contribution in [0.1, 0.15) is 49.9 Å². The molecule has 0 spiro atoms. The van der Waals surface area contributed by atoms with E-state index in [4.69, 9.17) is 4.42 Å². The summed E-state index contributed by atoms with van der Waals surface area (Å²) in [6.45, 7) is 9.41. The maximum atomic E-state index is 6.14. The van der Waals surface area contributed by atoms with Crippen molar-refractivity contribution >= 4 is 39.0 Å². The van der Waals surface area contributed by atoms with Crippen LogP contribution in [0, 0.1) is 0 Å². The van der Waals surface area contributed by atoms with Crippen LogP contribution in [-0.4, -0.2) is 0 Å². The second-order valence-corrected chi connectivity index (χ2v) is 16.5. The van der Waals surface area contributed by atoms with Crippen LogP contribution in [0.3, 0.4) is 0 Å². The van der Waals surface area contributed by atoms with E-state index in [-0.39, 0.29) is 10.8 Å². The Morgan fingerprint density at radius 3 is 1.62 bits per heavy atom. The van der Waals surface area contributed by atoms with E-state index < -0.39 is 0 Å². The van der Waals surface area contributed by atoms with Gasteiger partial charge in [0.25, 0.3) is 0 Å². The van der Waals surface area contributed by atoms with Crippen LogP contribution >= 0.6 is 0 Å². The van der Waals surface area contributed by atoms with Gasteiger partial charge in [-0.3, -0.25) is 0 Å². The summed E-state index contributed by atoms with van der Waals surface area (Å²) >= 11 is 0. The Kier molecular flexibility index (Phi) is 6.98. The Morgan fingerprint density at radius 1 is 0.375 bits per heavy atom. The van der Waals surface area contributed by atoms with Crippen LogP contribution in [0.25, 0.3) is 66.4 Å². The second kappa shape index (κ2) is 11.9. The van der Waals surface area contributed by atoms with E-state index in [2.05, 4.69) is 196 Å². The van der Waals surface area contributed by atoms with Crippen molar-refractivity contribution in [2.45, 2.75) is 38.5 Å². The van der Waals surface area contributed by atoms with Crippen LogP contribution in [0.15, 0.2) is 180 Å². The molecule has 2 aliphatic carbocycles. The van der Waals surface area contributed by atoms with E-state index in [1.54, 1.807) is 0 Å². The van der Waals surface area contributed by atoms with Crippen LogP contribution < -0.4 is 4.90 Å². The summed E-state index contributed by atoms with van der Waals surface area (Å²) in [6, 6.07) is 64.6. The Labute approximate surface area is 328 Å². The molecule has 0 atom stereocenters. The highest BCUT2D eigenvalue weighted by Gasteiger charge is 2.38. The fraction of sp³-hybridized carbons (Fsp3) is 0.111. The summed E-state index contributed by atoms with van der Waals surface area (Å²) < 4.78 is 6.14. The maximum absolute atomic E-state index is 6.14. The maximum Gasteiger partial charge on any atom is 0.135 e. The van der Waals surface area contributed by atoms with E-state index in [1.165, 1.54) is 72.4 Å². The topological polar surface area (TPSA) is 16.4 Å². The number of para-hydroxylation sites is 1. The second-order valence-electron chi connectivity index (χ2n) is 16.5. The minimum Gasteiger partial charge on any atom is -0.456 e. The quantitative estimate of drug-likeness (QED) is 0.176. The van der Waals surface area contributed by atoms with Gasteiger partial charge in [-0.05, 0) is 116 Å². The van der Waals surface area contributed by atoms with Gasteiger partial charge >= 0.3 is 0 Å². The molecule has 2 aliphatic rings. The first-order chi connectivity index (χ1) is 27.3. The van der Waals surface area contributed by atoms with E-state index >= 15 is 0 Å². The molecule has 8 aromatic carbocycles. The molecular weight excluding hydrogens is 679 g/mol. The molecule has 268 valence electrons. The molecule has 1 aromatic heterocycles. The molecule has 0 fully saturated rings. The van der Waals surface area contributed by atoms with Crippen molar-refractivity contribution in [2.75, 3.05) is 4.90 Å². The fourth-order valence-electron chi connectivity index (χ4n) is 9.74. The first-order valence-corrected chi connectivity index (χ1v) is 19.7. The summed E-state index contributed by atoms with van der Waals surface area (Å²) in [5.41, 5.74) is 20.7. The lowest BCUT2D eigenvalue weighted by atomic mass is 9.81. The van der Waals surface area contributed by atoms with Crippen molar-refractivity contribution < 1.29 is 4.42 Å². The number of benzene rings is 8. The molecule has 0 N–H and O–H groups in total. The lowest BCUT2D eigenvalue weighted by Crippen LogP contribution is -2.16. The first kappa shape index (κ1) is 32.8. The highest BCUT2D eigenvalue weighted by atomic mass is 16.3. The van der Waals surface area contributed by atoms with Gasteiger partial charge in [-0.2, -0.15) is 0 Å². The third-order valence-electron chi connectivity index (χ3n) is 12.7. The van der Waals surface area contributed by atoms with Crippen molar-refractivity contribution in [1.29, 1.82) is 0 Å². The lowest BCUT2D eigenvalue weighted by Gasteiger charge is -2.29. The molecule has 11 rings (SSSR count). The summed E-state index contributed by atoms with van der Waals surface area (Å²) in [5, 5.41) is 2.28. The summed E-state index contributed by atoms with van der Waals surface area (Å²) in [7, 11) is 0. The van der Waals surface area contributed by atoms with Crippen LogP contribution in [0.5, 0.6) is 0 Å². The Hall–Kier alpha value is -6.64. The molecule has 0 saturated carbocycles. The van der Waals surface area contributed by atoms with Gasteiger partial charge in [-0.1, -0.05) is 149 Å². The van der Waals surface area contributed by atoms with Gasteiger partial charge < -0.3 is 9.32 Å². The number of hydrogen-bond acceptors (Lipinski definition) is 2. The molecule has 0 amide bonds. The Morgan fingerprint density at radius 2 is 0.893 bits per heavy atom. The molecule has 1 heterocycles. The van der Waals surface area contributed by atoms with Gasteiger partial charge in [0.05, 0.1) is 5.69 Å². The molecule has 56 heavy (non-hydrogen) atoms. The van der Waals surface area contributed by atoms with E-state index in [1.807, 2.05) is 12.1 Å². The van der Waals surface area contributed by atoms with Gasteiger partial charge in [0, 0.05) is 38.5 Å². The average Bonchev–Trinajstić information content (AvgIpc) is 3.81. The van der Waals surface area contributed by atoms with Gasteiger partial charge in [0.1, 0.15) is 11.2 Å². The highest BCUT2D eigenvalue weighted by Crippen LogP contribution is 2.54. The SMILES string of the molecule is CC1(C)c2ccccc2-c2ccc(-c3ccc(N(c4ccc(-c5ccc6oc7ccccc7c6c5)cc4)c4cccc5c4-c4ccccc4C5(C)C)cc3)cc21. The van der Waals surface area contributed by atoms with Crippen molar-refractivity contribution in [2.24, 2.45) is 0 Å². The number of furan rings is 1. The van der Waals surface area contributed by atoms with Crippen molar-refractivity contribution in [3.63, 3.8) is 0 Å². The van der Waals surface area contributed by atoms with Crippen LogP contribution in [0.4, 0.5) is 17.1 Å². The smallest absolute Gasteiger partial charge is 0.135 e. The number of fused-ring (bicyclic) bond motifs is 9. The predicted octanol–water partition coefficient (Wildman–Crippen LogP) is 15.0. The predicted molar refractivity (Wildman–Crippen MR) is 234 cm³/mol. The summed E-state index contributed by atoms with van der Waals surface area (Å²) in [6.07, 6.45) is 0. The Balaban J connectivity index is 1.02. The molecule has 0 saturated heterocycles. The number of rotatable bonds is 5.